The summed E-state index contributed by atoms with van der Waals surface area (Å²) in [6, 6.07) is 3.88. The first-order chi connectivity index (χ1) is 9.19. The fourth-order valence-electron chi connectivity index (χ4n) is 2.19. The number of aromatic nitrogens is 2. The Labute approximate surface area is 120 Å². The van der Waals surface area contributed by atoms with E-state index < -0.39 is 0 Å². The van der Waals surface area contributed by atoms with E-state index in [1.54, 1.807) is 6.33 Å². The summed E-state index contributed by atoms with van der Waals surface area (Å²) < 4.78 is 1.93. The van der Waals surface area contributed by atoms with Gasteiger partial charge in [0.25, 0.3) is 0 Å². The van der Waals surface area contributed by atoms with Crippen molar-refractivity contribution in [3.63, 3.8) is 0 Å². The van der Waals surface area contributed by atoms with Crippen molar-refractivity contribution in [1.29, 1.82) is 0 Å². The second-order valence-corrected chi connectivity index (χ2v) is 6.49. The first-order valence-electron chi connectivity index (χ1n) is 6.95. The molecule has 2 aromatic rings. The molecule has 0 bridgehead atoms. The fraction of sp³-hybridized carbons (Fsp3) is 0.500. The number of rotatable bonds is 2. The molecule has 0 fully saturated rings. The summed E-state index contributed by atoms with van der Waals surface area (Å²) >= 11 is 0. The Morgan fingerprint density at radius 1 is 1.25 bits per heavy atom. The predicted molar refractivity (Wildman–Crippen MR) is 81.8 cm³/mol. The SMILES string of the molecule is Cc1cc2ncn(C(C)C(=O)NC(C)(C)C)c2cc1C. The number of carbonyl (C=O) groups is 1. The molecule has 0 aliphatic carbocycles. The van der Waals surface area contributed by atoms with Crippen LogP contribution in [0.15, 0.2) is 18.5 Å². The quantitative estimate of drug-likeness (QED) is 0.913. The first-order valence-corrected chi connectivity index (χ1v) is 6.95. The van der Waals surface area contributed by atoms with Crippen molar-refractivity contribution in [1.82, 2.24) is 14.9 Å². The van der Waals surface area contributed by atoms with Gasteiger partial charge in [0.1, 0.15) is 6.04 Å². The number of hydrogen-bond donors (Lipinski definition) is 1. The van der Waals surface area contributed by atoms with Gasteiger partial charge in [-0.1, -0.05) is 0 Å². The van der Waals surface area contributed by atoms with Crippen molar-refractivity contribution in [2.45, 2.75) is 53.1 Å². The summed E-state index contributed by atoms with van der Waals surface area (Å²) in [6.45, 7) is 12.0. The van der Waals surface area contributed by atoms with Crippen LogP contribution in [0, 0.1) is 13.8 Å². The van der Waals surface area contributed by atoms with E-state index in [0.717, 1.165) is 11.0 Å². The summed E-state index contributed by atoms with van der Waals surface area (Å²) in [5, 5.41) is 3.01. The first kappa shape index (κ1) is 14.6. The van der Waals surface area contributed by atoms with Crippen LogP contribution in [0.2, 0.25) is 0 Å². The topological polar surface area (TPSA) is 46.9 Å². The number of amides is 1. The van der Waals surface area contributed by atoms with Crippen LogP contribution in [0.1, 0.15) is 44.9 Å². The van der Waals surface area contributed by atoms with Gasteiger partial charge in [0.05, 0.1) is 17.4 Å². The number of aryl methyl sites for hydroxylation is 2. The minimum Gasteiger partial charge on any atom is -0.350 e. The van der Waals surface area contributed by atoms with Crippen LogP contribution in [0.5, 0.6) is 0 Å². The molecule has 2 rings (SSSR count). The molecule has 0 saturated carbocycles. The third-order valence-corrected chi connectivity index (χ3v) is 3.49. The average molecular weight is 273 g/mol. The second-order valence-electron chi connectivity index (χ2n) is 6.49. The third kappa shape index (κ3) is 2.84. The largest absolute Gasteiger partial charge is 0.350 e. The number of carbonyl (C=O) groups excluding carboxylic acids is 1. The van der Waals surface area contributed by atoms with E-state index in [4.69, 9.17) is 0 Å². The molecule has 1 aromatic heterocycles. The van der Waals surface area contributed by atoms with Gasteiger partial charge >= 0.3 is 0 Å². The van der Waals surface area contributed by atoms with Crippen LogP contribution in [0.4, 0.5) is 0 Å². The van der Waals surface area contributed by atoms with Crippen molar-refractivity contribution in [3.8, 4) is 0 Å². The summed E-state index contributed by atoms with van der Waals surface area (Å²) in [6.07, 6.45) is 1.75. The van der Waals surface area contributed by atoms with E-state index in [0.29, 0.717) is 0 Å². The van der Waals surface area contributed by atoms with Crippen LogP contribution in [0.3, 0.4) is 0 Å². The van der Waals surface area contributed by atoms with E-state index in [2.05, 4.69) is 36.3 Å². The van der Waals surface area contributed by atoms with Crippen molar-refractivity contribution in [2.75, 3.05) is 0 Å². The molecule has 0 spiro atoms. The zero-order chi connectivity index (χ0) is 15.1. The molecule has 1 aromatic carbocycles. The highest BCUT2D eigenvalue weighted by Crippen LogP contribution is 2.22. The number of nitrogens with zero attached hydrogens (tertiary/aromatic N) is 2. The minimum atomic E-state index is -0.277. The molecular formula is C16H23N3O. The monoisotopic (exact) mass is 273 g/mol. The molecule has 4 nitrogen and oxygen atoms in total. The molecule has 0 radical (unpaired) electrons. The maximum Gasteiger partial charge on any atom is 0.243 e. The number of nitrogens with one attached hydrogen (secondary N) is 1. The lowest BCUT2D eigenvalue weighted by molar-refractivity contribution is -0.125. The van der Waals surface area contributed by atoms with E-state index in [1.165, 1.54) is 11.1 Å². The summed E-state index contributed by atoms with van der Waals surface area (Å²) in [5.41, 5.74) is 4.14. The molecule has 20 heavy (non-hydrogen) atoms. The predicted octanol–water partition coefficient (Wildman–Crippen LogP) is 3.13. The van der Waals surface area contributed by atoms with Gasteiger partial charge in [-0.2, -0.15) is 0 Å². The van der Waals surface area contributed by atoms with Crippen molar-refractivity contribution in [2.24, 2.45) is 0 Å². The maximum absolute atomic E-state index is 12.3. The van der Waals surface area contributed by atoms with Gasteiger partial charge in [-0.3, -0.25) is 4.79 Å². The third-order valence-electron chi connectivity index (χ3n) is 3.49. The van der Waals surface area contributed by atoms with Gasteiger partial charge in [-0.05, 0) is 64.8 Å². The van der Waals surface area contributed by atoms with Crippen LogP contribution in [-0.4, -0.2) is 21.0 Å². The molecule has 1 atom stereocenters. The van der Waals surface area contributed by atoms with Crippen molar-refractivity contribution >= 4 is 16.9 Å². The smallest absolute Gasteiger partial charge is 0.243 e. The highest BCUT2D eigenvalue weighted by molar-refractivity contribution is 5.84. The standard InChI is InChI=1S/C16H23N3O/c1-10-7-13-14(8-11(10)2)19(9-17-13)12(3)15(20)18-16(4,5)6/h7-9,12H,1-6H3,(H,18,20). The van der Waals surface area contributed by atoms with E-state index in [-0.39, 0.29) is 17.5 Å². The summed E-state index contributed by atoms with van der Waals surface area (Å²) in [5.74, 6) is 0.00929. The Morgan fingerprint density at radius 2 is 1.85 bits per heavy atom. The van der Waals surface area contributed by atoms with Crippen LogP contribution < -0.4 is 5.32 Å². The molecule has 1 N–H and O–H groups in total. The number of hydrogen-bond acceptors (Lipinski definition) is 2. The highest BCUT2D eigenvalue weighted by atomic mass is 16.2. The molecule has 0 aliphatic heterocycles. The van der Waals surface area contributed by atoms with Crippen LogP contribution in [-0.2, 0) is 4.79 Å². The second kappa shape index (κ2) is 4.93. The molecular weight excluding hydrogens is 250 g/mol. The maximum atomic E-state index is 12.3. The lowest BCUT2D eigenvalue weighted by Gasteiger charge is -2.24. The van der Waals surface area contributed by atoms with Gasteiger partial charge in [-0.25, -0.2) is 4.98 Å². The van der Waals surface area contributed by atoms with Gasteiger partial charge < -0.3 is 9.88 Å². The Kier molecular flexibility index (Phi) is 3.59. The minimum absolute atomic E-state index is 0.00929. The number of benzene rings is 1. The summed E-state index contributed by atoms with van der Waals surface area (Å²) in [4.78, 5) is 16.7. The molecule has 1 unspecified atom stereocenters. The van der Waals surface area contributed by atoms with Crippen LogP contribution in [0.25, 0.3) is 11.0 Å². The average Bonchev–Trinajstić information content (AvgIpc) is 2.69. The Morgan fingerprint density at radius 3 is 2.45 bits per heavy atom. The molecule has 1 amide bonds. The van der Waals surface area contributed by atoms with E-state index in [1.807, 2.05) is 32.3 Å². The van der Waals surface area contributed by atoms with Gasteiger partial charge in [0.2, 0.25) is 5.91 Å². The van der Waals surface area contributed by atoms with Gasteiger partial charge in [-0.15, -0.1) is 0 Å². The molecule has 4 heteroatoms. The summed E-state index contributed by atoms with van der Waals surface area (Å²) in [7, 11) is 0. The lowest BCUT2D eigenvalue weighted by Crippen LogP contribution is -2.43. The molecule has 1 heterocycles. The Bertz CT molecular complexity index is 650. The van der Waals surface area contributed by atoms with Crippen LogP contribution >= 0.6 is 0 Å². The molecule has 108 valence electrons. The van der Waals surface area contributed by atoms with Crippen molar-refractivity contribution in [3.05, 3.63) is 29.6 Å². The highest BCUT2D eigenvalue weighted by Gasteiger charge is 2.21. The van der Waals surface area contributed by atoms with E-state index >= 15 is 0 Å². The molecule has 0 aliphatic rings. The zero-order valence-electron chi connectivity index (χ0n) is 13.1. The van der Waals surface area contributed by atoms with E-state index in [9.17, 15) is 4.79 Å². The Hall–Kier alpha value is -1.84. The lowest BCUT2D eigenvalue weighted by atomic mass is 10.1. The molecule has 0 saturated heterocycles. The zero-order valence-corrected chi connectivity index (χ0v) is 13.1. The van der Waals surface area contributed by atoms with Crippen molar-refractivity contribution < 1.29 is 4.79 Å². The number of fused-ring (bicyclic) bond motifs is 1. The van der Waals surface area contributed by atoms with Gasteiger partial charge in [0, 0.05) is 5.54 Å². The number of imidazole rings is 1. The Balaban J connectivity index is 2.38. The normalized spacial score (nSPS) is 13.5. The van der Waals surface area contributed by atoms with Gasteiger partial charge in [0.15, 0.2) is 0 Å². The fourth-order valence-corrected chi connectivity index (χ4v) is 2.19.